The fourth-order valence-corrected chi connectivity index (χ4v) is 2.41. The summed E-state index contributed by atoms with van der Waals surface area (Å²) in [7, 11) is 0. The van der Waals surface area contributed by atoms with Gasteiger partial charge in [0.05, 0.1) is 12.1 Å². The van der Waals surface area contributed by atoms with Crippen LogP contribution in [0.5, 0.6) is 0 Å². The van der Waals surface area contributed by atoms with E-state index in [-0.39, 0.29) is 6.54 Å². The molecule has 1 N–H and O–H groups in total. The topological polar surface area (TPSA) is 60.9 Å². The average molecular weight is 344 g/mol. The van der Waals surface area contributed by atoms with Gasteiger partial charge in [-0.15, -0.1) is 0 Å². The van der Waals surface area contributed by atoms with Gasteiger partial charge in [-0.1, -0.05) is 12.2 Å². The average Bonchev–Trinajstić information content (AvgIpc) is 2.41. The third kappa shape index (κ3) is 3.39. The predicted octanol–water partition coefficient (Wildman–Crippen LogP) is 1.79. The van der Waals surface area contributed by atoms with E-state index in [4.69, 9.17) is 0 Å². The number of halogens is 6. The van der Waals surface area contributed by atoms with E-state index in [1.165, 1.54) is 12.2 Å². The van der Waals surface area contributed by atoms with Crippen LogP contribution in [0.1, 0.15) is 6.42 Å². The van der Waals surface area contributed by atoms with Crippen LogP contribution in [-0.4, -0.2) is 57.8 Å². The number of fused-ring (bicyclic) bond motifs is 1. The van der Waals surface area contributed by atoms with Crippen molar-refractivity contribution >= 4 is 11.6 Å². The molecule has 2 aliphatic rings. The molecule has 2 unspecified atom stereocenters. The van der Waals surface area contributed by atoms with Gasteiger partial charge in [0.25, 0.3) is 5.78 Å². The zero-order valence-electron chi connectivity index (χ0n) is 11.2. The van der Waals surface area contributed by atoms with E-state index in [1.54, 1.807) is 0 Å². The molecular formula is C12H10F6N2O3. The predicted molar refractivity (Wildman–Crippen MR) is 61.9 cm³/mol. The first-order chi connectivity index (χ1) is 10.4. The lowest BCUT2D eigenvalue weighted by Crippen LogP contribution is -2.65. The Bertz CT molecular complexity index is 580. The van der Waals surface area contributed by atoms with E-state index < -0.39 is 53.3 Å². The van der Waals surface area contributed by atoms with Crippen LogP contribution in [0.25, 0.3) is 0 Å². The van der Waals surface area contributed by atoms with Crippen molar-refractivity contribution in [3.8, 4) is 0 Å². The Kier molecular flexibility index (Phi) is 4.28. The van der Waals surface area contributed by atoms with Crippen LogP contribution in [-0.2, 0) is 9.59 Å². The molecule has 0 radical (unpaired) electrons. The summed E-state index contributed by atoms with van der Waals surface area (Å²) >= 11 is 0. The summed E-state index contributed by atoms with van der Waals surface area (Å²) in [4.78, 5) is 24.2. The minimum atomic E-state index is -5.47. The van der Waals surface area contributed by atoms with Gasteiger partial charge < -0.3 is 10.1 Å². The molecule has 11 heteroatoms. The maximum atomic E-state index is 12.6. The Morgan fingerprint density at radius 3 is 2.39 bits per heavy atom. The van der Waals surface area contributed by atoms with Crippen molar-refractivity contribution in [2.45, 2.75) is 31.0 Å². The van der Waals surface area contributed by atoms with E-state index in [0.717, 1.165) is 11.0 Å². The lowest BCUT2D eigenvalue weighted by Gasteiger charge is -2.46. The third-order valence-electron chi connectivity index (χ3n) is 3.37. The van der Waals surface area contributed by atoms with Crippen LogP contribution < -0.4 is 0 Å². The number of hydrogen-bond donors (Lipinski definition) is 1. The molecular weight excluding hydrogens is 334 g/mol. The van der Waals surface area contributed by atoms with Gasteiger partial charge in [0.2, 0.25) is 5.78 Å². The lowest BCUT2D eigenvalue weighted by atomic mass is 9.96. The van der Waals surface area contributed by atoms with Gasteiger partial charge in [-0.3, -0.25) is 9.59 Å². The molecule has 1 saturated heterocycles. The molecule has 0 bridgehead atoms. The van der Waals surface area contributed by atoms with Crippen molar-refractivity contribution in [2.75, 3.05) is 6.54 Å². The number of carbonyl (C=O) groups excluding carboxylic acids is 2. The standard InChI is InChI=1S/C12H10F6N2O3/c13-11(14,15)5-7-19-4-2-1-3-6(19)9(21)8(20(7)23)10(22)12(16,17)18/h1-3,7-8,23H,4-5H2. The molecule has 0 spiro atoms. The first-order valence-corrected chi connectivity index (χ1v) is 6.26. The minimum absolute atomic E-state index is 0.220. The lowest BCUT2D eigenvalue weighted by molar-refractivity contribution is -0.246. The molecule has 0 aromatic carbocycles. The normalized spacial score (nSPS) is 26.1. The van der Waals surface area contributed by atoms with Crippen LogP contribution in [0.3, 0.4) is 0 Å². The van der Waals surface area contributed by atoms with Crippen LogP contribution >= 0.6 is 0 Å². The Hall–Kier alpha value is -1.88. The smallest absolute Gasteiger partial charge is 0.347 e. The van der Waals surface area contributed by atoms with Gasteiger partial charge >= 0.3 is 12.4 Å². The molecule has 2 rings (SSSR count). The second kappa shape index (κ2) is 5.64. The zero-order valence-corrected chi connectivity index (χ0v) is 11.2. The monoisotopic (exact) mass is 344 g/mol. The summed E-state index contributed by atoms with van der Waals surface area (Å²) in [5.74, 6) is -4.02. The molecule has 128 valence electrons. The second-order valence-electron chi connectivity index (χ2n) is 4.94. The van der Waals surface area contributed by atoms with E-state index in [0.29, 0.717) is 0 Å². The van der Waals surface area contributed by atoms with Crippen LogP contribution in [0.4, 0.5) is 26.3 Å². The van der Waals surface area contributed by atoms with Gasteiger partial charge in [0, 0.05) is 6.54 Å². The first-order valence-electron chi connectivity index (χ1n) is 6.26. The summed E-state index contributed by atoms with van der Waals surface area (Å²) < 4.78 is 75.6. The first kappa shape index (κ1) is 17.5. The number of hydroxylamine groups is 2. The quantitative estimate of drug-likeness (QED) is 0.611. The zero-order chi connectivity index (χ0) is 17.6. The summed E-state index contributed by atoms with van der Waals surface area (Å²) in [5, 5.41) is 9.28. The van der Waals surface area contributed by atoms with Crippen molar-refractivity contribution in [1.29, 1.82) is 0 Å². The van der Waals surface area contributed by atoms with Gasteiger partial charge in [-0.25, -0.2) is 0 Å². The summed E-state index contributed by atoms with van der Waals surface area (Å²) in [5.41, 5.74) is -0.477. The maximum absolute atomic E-state index is 12.6. The van der Waals surface area contributed by atoms with Crippen LogP contribution in [0, 0.1) is 0 Å². The molecule has 0 aromatic rings. The Labute approximate surface area is 125 Å². The highest BCUT2D eigenvalue weighted by Crippen LogP contribution is 2.35. The Morgan fingerprint density at radius 2 is 1.87 bits per heavy atom. The number of rotatable bonds is 2. The van der Waals surface area contributed by atoms with Crippen molar-refractivity contribution < 1.29 is 41.1 Å². The largest absolute Gasteiger partial charge is 0.452 e. The second-order valence-corrected chi connectivity index (χ2v) is 4.94. The highest BCUT2D eigenvalue weighted by atomic mass is 19.4. The maximum Gasteiger partial charge on any atom is 0.452 e. The van der Waals surface area contributed by atoms with Crippen molar-refractivity contribution in [3.05, 3.63) is 23.9 Å². The van der Waals surface area contributed by atoms with Crippen molar-refractivity contribution in [1.82, 2.24) is 9.96 Å². The van der Waals surface area contributed by atoms with Gasteiger partial charge in [-0.2, -0.15) is 31.4 Å². The van der Waals surface area contributed by atoms with E-state index in [1.807, 2.05) is 0 Å². The molecule has 0 amide bonds. The van der Waals surface area contributed by atoms with Gasteiger partial charge in [0.15, 0.2) is 6.04 Å². The molecule has 0 saturated carbocycles. The Balaban J connectivity index is 2.44. The molecule has 1 fully saturated rings. The number of carbonyl (C=O) groups is 2. The molecule has 2 aliphatic heterocycles. The van der Waals surface area contributed by atoms with E-state index in [9.17, 15) is 41.1 Å². The highest BCUT2D eigenvalue weighted by Gasteiger charge is 2.56. The number of ketones is 2. The van der Waals surface area contributed by atoms with E-state index >= 15 is 0 Å². The van der Waals surface area contributed by atoms with Crippen LogP contribution in [0.2, 0.25) is 0 Å². The summed E-state index contributed by atoms with van der Waals surface area (Å²) in [6.45, 7) is -0.220. The highest BCUT2D eigenvalue weighted by molar-refractivity contribution is 6.15. The fraction of sp³-hybridized carbons (Fsp3) is 0.500. The van der Waals surface area contributed by atoms with Crippen LogP contribution in [0.15, 0.2) is 23.9 Å². The molecule has 2 atom stereocenters. The number of alkyl halides is 6. The fourth-order valence-electron chi connectivity index (χ4n) is 2.41. The van der Waals surface area contributed by atoms with Crippen molar-refractivity contribution in [3.63, 3.8) is 0 Å². The molecule has 0 aromatic heterocycles. The minimum Gasteiger partial charge on any atom is -0.347 e. The van der Waals surface area contributed by atoms with Gasteiger partial charge in [-0.05, 0) is 6.08 Å². The number of hydrogen-bond acceptors (Lipinski definition) is 5. The number of allylic oxidation sites excluding steroid dienone is 2. The van der Waals surface area contributed by atoms with Crippen molar-refractivity contribution in [2.24, 2.45) is 0 Å². The molecule has 23 heavy (non-hydrogen) atoms. The van der Waals surface area contributed by atoms with Gasteiger partial charge in [0.1, 0.15) is 6.17 Å². The Morgan fingerprint density at radius 1 is 1.26 bits per heavy atom. The summed E-state index contributed by atoms with van der Waals surface area (Å²) in [6, 6.07) is -2.75. The molecule has 2 heterocycles. The third-order valence-corrected chi connectivity index (χ3v) is 3.37. The molecule has 5 nitrogen and oxygen atoms in total. The van der Waals surface area contributed by atoms with E-state index in [2.05, 4.69) is 0 Å². The number of Topliss-reactive ketones (excluding diaryl/α,β-unsaturated/α-hetero) is 2. The summed E-state index contributed by atoms with van der Waals surface area (Å²) in [6.07, 6.45) is -10.4. The molecule has 0 aliphatic carbocycles. The number of nitrogens with zero attached hydrogens (tertiary/aromatic N) is 2. The SMILES string of the molecule is O=C1C2=CC=CCN2C(CC(F)(F)F)N(O)C1C(=O)C(F)(F)F.